The van der Waals surface area contributed by atoms with Gasteiger partial charge in [0.05, 0.1) is 16.5 Å². The van der Waals surface area contributed by atoms with Gasteiger partial charge < -0.3 is 4.90 Å². The van der Waals surface area contributed by atoms with Gasteiger partial charge in [-0.15, -0.1) is 0 Å². The van der Waals surface area contributed by atoms with Crippen molar-refractivity contribution >= 4 is 31.6 Å². The van der Waals surface area contributed by atoms with Gasteiger partial charge in [-0.25, -0.2) is 12.8 Å². The first-order valence-corrected chi connectivity index (χ1v) is 10.4. The molecule has 0 amide bonds. The normalized spacial score (nSPS) is 16.1. The Labute approximate surface area is 160 Å². The summed E-state index contributed by atoms with van der Waals surface area (Å²) >= 11 is 3.15. The van der Waals surface area contributed by atoms with E-state index in [9.17, 15) is 12.8 Å². The van der Waals surface area contributed by atoms with Gasteiger partial charge >= 0.3 is 0 Å². The van der Waals surface area contributed by atoms with E-state index in [1.165, 1.54) is 10.4 Å². The van der Waals surface area contributed by atoms with E-state index in [1.54, 1.807) is 12.1 Å². The Bertz CT molecular complexity index is 942. The molecule has 0 aliphatic carbocycles. The molecule has 0 unspecified atom stereocenters. The average Bonchev–Trinajstić information content (AvgIpc) is 2.88. The fraction of sp³-hybridized carbons (Fsp3) is 0.278. The van der Waals surface area contributed by atoms with Gasteiger partial charge in [-0.2, -0.15) is 9.57 Å². The van der Waals surface area contributed by atoms with Crippen molar-refractivity contribution in [1.82, 2.24) is 4.31 Å². The van der Waals surface area contributed by atoms with Crippen molar-refractivity contribution < 1.29 is 12.8 Å². The second kappa shape index (κ2) is 7.74. The van der Waals surface area contributed by atoms with E-state index in [2.05, 4.69) is 26.9 Å². The zero-order valence-electron chi connectivity index (χ0n) is 13.9. The zero-order valence-corrected chi connectivity index (χ0v) is 16.3. The molecule has 0 aromatic heterocycles. The number of hydrogen-bond donors (Lipinski definition) is 0. The number of nitrogens with zero attached hydrogens (tertiary/aromatic N) is 3. The summed E-state index contributed by atoms with van der Waals surface area (Å²) < 4.78 is 40.8. The molecular weight excluding hydrogens is 421 g/mol. The van der Waals surface area contributed by atoms with Crippen LogP contribution in [0.25, 0.3) is 0 Å². The number of halogens is 2. The van der Waals surface area contributed by atoms with E-state index in [0.717, 1.165) is 24.4 Å². The van der Waals surface area contributed by atoms with Crippen LogP contribution in [0.2, 0.25) is 0 Å². The van der Waals surface area contributed by atoms with Crippen molar-refractivity contribution in [2.24, 2.45) is 0 Å². The van der Waals surface area contributed by atoms with E-state index in [0.29, 0.717) is 31.6 Å². The highest BCUT2D eigenvalue weighted by Gasteiger charge is 2.28. The molecule has 2 aromatic carbocycles. The third-order valence-corrected chi connectivity index (χ3v) is 7.20. The van der Waals surface area contributed by atoms with E-state index < -0.39 is 15.8 Å². The number of benzene rings is 2. The van der Waals surface area contributed by atoms with E-state index in [4.69, 9.17) is 5.26 Å². The van der Waals surface area contributed by atoms with Crippen LogP contribution in [0.1, 0.15) is 12.0 Å². The molecule has 1 heterocycles. The van der Waals surface area contributed by atoms with Gasteiger partial charge in [0.25, 0.3) is 0 Å². The van der Waals surface area contributed by atoms with Crippen LogP contribution in [0.5, 0.6) is 0 Å². The number of anilines is 1. The Balaban J connectivity index is 1.78. The lowest BCUT2D eigenvalue weighted by atomic mass is 10.2. The first-order chi connectivity index (χ1) is 12.4. The second-order valence-electron chi connectivity index (χ2n) is 5.98. The highest BCUT2D eigenvalue weighted by atomic mass is 79.9. The molecule has 0 radical (unpaired) electrons. The van der Waals surface area contributed by atoms with Crippen molar-refractivity contribution in [3.05, 3.63) is 58.3 Å². The molecule has 1 aliphatic rings. The van der Waals surface area contributed by atoms with Crippen LogP contribution in [-0.2, 0) is 10.0 Å². The molecule has 0 bridgehead atoms. The number of hydrogen-bond acceptors (Lipinski definition) is 4. The maximum Gasteiger partial charge on any atom is 0.244 e. The maximum atomic E-state index is 13.3. The van der Waals surface area contributed by atoms with Crippen molar-refractivity contribution in [3.8, 4) is 6.07 Å². The number of nitriles is 1. The Morgan fingerprint density at radius 2 is 1.77 bits per heavy atom. The van der Waals surface area contributed by atoms with Gasteiger partial charge in [-0.3, -0.25) is 0 Å². The molecule has 1 aliphatic heterocycles. The fourth-order valence-electron chi connectivity index (χ4n) is 2.96. The molecule has 5 nitrogen and oxygen atoms in total. The molecule has 0 spiro atoms. The fourth-order valence-corrected chi connectivity index (χ4v) is 5.44. The summed E-state index contributed by atoms with van der Waals surface area (Å²) in [7, 11) is -3.70. The number of rotatable bonds is 3. The summed E-state index contributed by atoms with van der Waals surface area (Å²) in [5.74, 6) is -0.487. The van der Waals surface area contributed by atoms with Crippen LogP contribution in [0.4, 0.5) is 10.1 Å². The molecule has 0 N–H and O–H groups in total. The molecule has 0 atom stereocenters. The summed E-state index contributed by atoms with van der Waals surface area (Å²) in [5.41, 5.74) is 1.56. The lowest BCUT2D eigenvalue weighted by Gasteiger charge is -2.23. The largest absolute Gasteiger partial charge is 0.370 e. The maximum absolute atomic E-state index is 13.3. The highest BCUT2D eigenvalue weighted by Crippen LogP contribution is 2.27. The van der Waals surface area contributed by atoms with Crippen molar-refractivity contribution in [1.29, 1.82) is 5.26 Å². The Morgan fingerprint density at radius 1 is 1.04 bits per heavy atom. The van der Waals surface area contributed by atoms with Gasteiger partial charge in [0.1, 0.15) is 5.82 Å². The highest BCUT2D eigenvalue weighted by molar-refractivity contribution is 9.10. The SMILES string of the molecule is N#Cc1ccc(N2CCCN(S(=O)(=O)c3ccc(F)cc3Br)CC2)cc1. The molecule has 1 saturated heterocycles. The summed E-state index contributed by atoms with van der Waals surface area (Å²) in [6.07, 6.45) is 0.679. The van der Waals surface area contributed by atoms with Gasteiger partial charge in [0.15, 0.2) is 0 Å². The molecule has 136 valence electrons. The third-order valence-electron chi connectivity index (χ3n) is 4.33. The first-order valence-electron chi connectivity index (χ1n) is 8.12. The smallest absolute Gasteiger partial charge is 0.244 e. The Morgan fingerprint density at radius 3 is 2.42 bits per heavy atom. The Kier molecular flexibility index (Phi) is 5.61. The van der Waals surface area contributed by atoms with E-state index >= 15 is 0 Å². The van der Waals surface area contributed by atoms with Crippen molar-refractivity contribution in [3.63, 3.8) is 0 Å². The first kappa shape index (κ1) is 18.8. The lowest BCUT2D eigenvalue weighted by molar-refractivity contribution is 0.432. The molecular formula is C18H17BrFN3O2S. The number of sulfonamides is 1. The second-order valence-corrected chi connectivity index (χ2v) is 8.74. The molecule has 0 saturated carbocycles. The quantitative estimate of drug-likeness (QED) is 0.738. The van der Waals surface area contributed by atoms with Crippen molar-refractivity contribution in [2.75, 3.05) is 31.1 Å². The van der Waals surface area contributed by atoms with Crippen LogP contribution in [0.3, 0.4) is 0 Å². The topological polar surface area (TPSA) is 64.4 Å². The Hall–Kier alpha value is -1.95. The molecule has 3 rings (SSSR count). The molecule has 26 heavy (non-hydrogen) atoms. The summed E-state index contributed by atoms with van der Waals surface area (Å²) in [4.78, 5) is 2.18. The van der Waals surface area contributed by atoms with E-state index in [-0.39, 0.29) is 9.37 Å². The minimum atomic E-state index is -3.70. The van der Waals surface area contributed by atoms with Gasteiger partial charge in [0.2, 0.25) is 10.0 Å². The predicted octanol–water partition coefficient (Wildman–Crippen LogP) is 3.36. The van der Waals surface area contributed by atoms with Crippen LogP contribution in [0, 0.1) is 17.1 Å². The van der Waals surface area contributed by atoms with Gasteiger partial charge in [-0.1, -0.05) is 0 Å². The minimum Gasteiger partial charge on any atom is -0.370 e. The van der Waals surface area contributed by atoms with Crippen LogP contribution < -0.4 is 4.90 Å². The van der Waals surface area contributed by atoms with Gasteiger partial charge in [-0.05, 0) is 64.8 Å². The predicted molar refractivity (Wildman–Crippen MR) is 101 cm³/mol. The lowest BCUT2D eigenvalue weighted by Crippen LogP contribution is -2.35. The summed E-state index contributed by atoms with van der Waals surface area (Å²) in [6.45, 7) is 2.01. The summed E-state index contributed by atoms with van der Waals surface area (Å²) in [5, 5.41) is 8.89. The summed E-state index contributed by atoms with van der Waals surface area (Å²) in [6, 6.07) is 12.9. The minimum absolute atomic E-state index is 0.0747. The molecule has 1 fully saturated rings. The third kappa shape index (κ3) is 3.90. The zero-order chi connectivity index (χ0) is 18.7. The van der Waals surface area contributed by atoms with Crippen LogP contribution in [-0.4, -0.2) is 38.9 Å². The standard InChI is InChI=1S/C18H17BrFN3O2S/c19-17-12-15(20)4-7-18(17)26(24,25)23-9-1-8-22(10-11-23)16-5-2-14(13-21)3-6-16/h2-7,12H,1,8-11H2. The van der Waals surface area contributed by atoms with Crippen LogP contribution >= 0.6 is 15.9 Å². The van der Waals surface area contributed by atoms with Gasteiger partial charge in [0, 0.05) is 36.3 Å². The van der Waals surface area contributed by atoms with Crippen LogP contribution in [0.15, 0.2) is 51.8 Å². The van der Waals surface area contributed by atoms with E-state index in [1.807, 2.05) is 12.1 Å². The van der Waals surface area contributed by atoms with Crippen molar-refractivity contribution in [2.45, 2.75) is 11.3 Å². The monoisotopic (exact) mass is 437 g/mol. The molecule has 2 aromatic rings. The average molecular weight is 438 g/mol. The molecule has 8 heteroatoms.